The van der Waals surface area contributed by atoms with E-state index < -0.39 is 12.0 Å². The van der Waals surface area contributed by atoms with E-state index in [1.54, 1.807) is 64.8 Å². The Morgan fingerprint density at radius 2 is 0.963 bits per heavy atom. The van der Waals surface area contributed by atoms with E-state index in [2.05, 4.69) is 38.1 Å². The molecule has 4 saturated heterocycles. The van der Waals surface area contributed by atoms with Crippen LogP contribution >= 0.6 is 69.6 Å². The molecule has 1 saturated carbocycles. The van der Waals surface area contributed by atoms with Crippen molar-refractivity contribution in [3.05, 3.63) is 126 Å². The van der Waals surface area contributed by atoms with E-state index in [1.807, 2.05) is 39.0 Å². The van der Waals surface area contributed by atoms with Gasteiger partial charge in [0.2, 0.25) is 5.91 Å². The average molecular weight is 1240 g/mol. The molecule has 4 aromatic carbocycles. The van der Waals surface area contributed by atoms with Gasteiger partial charge in [0, 0.05) is 143 Å². The fraction of sp³-hybridized carbons (Fsp3) is 0.517. The lowest BCUT2D eigenvalue weighted by atomic mass is 10.1. The van der Waals surface area contributed by atoms with Gasteiger partial charge < -0.3 is 48.6 Å². The molecular weight excluding hydrogens is 1170 g/mol. The van der Waals surface area contributed by atoms with Crippen LogP contribution < -0.4 is 15.1 Å². The molecule has 0 spiro atoms. The number of halogens is 6. The summed E-state index contributed by atoms with van der Waals surface area (Å²) in [5, 5.41) is 16.0. The molecule has 10 rings (SSSR count). The molecule has 0 bridgehead atoms. The Bertz CT molecular complexity index is 2780. The van der Waals surface area contributed by atoms with Crippen LogP contribution in [-0.4, -0.2) is 180 Å². The van der Waals surface area contributed by atoms with Crippen LogP contribution in [-0.2, 0) is 67.2 Å². The standard InChI is InChI=1S/C24H27Cl2N3O2.C14H17Cl2NO3.C13H15Cl2NO3.C7H13NO3/c1-31-19-13-23(27(15-19)14-16-12-17(25)6-9-20(16)26)24(30)29-11-10-28(18-7-8-18)21-4-2-3-5-22(21)29;1-19-11-6-13(14(18)20-2)17(8-11)7-9-5-10(15)3-4-12(9)16;1-19-10-5-12(13(17)18)16(7-10)6-8-4-9(14)2-3-11(8)15;1-10-5-3-6(8-4-5)7(9)11-2/h2-6,9,12,18-19,23H,7-8,10-11,13-15H2,1H3;3-5,11,13H,6-8H2,1-2H3;2-4,10,12H,5-7H2,1H3,(H,17,18);5-6,8H,3-4H2,1-2H3/t19-,23+;11-,13+;10-,12+;5-,6+/m1111/s1. The number of carbonyl (C=O) groups excluding carboxylic acids is 3. The number of rotatable bonds is 15. The molecule has 8 atom stereocenters. The van der Waals surface area contributed by atoms with Gasteiger partial charge in [-0.05, 0) is 103 Å². The number of fused-ring (bicyclic) bond motifs is 1. The number of carboxylic acids is 1. The third-order valence-electron chi connectivity index (χ3n) is 15.5. The van der Waals surface area contributed by atoms with Crippen LogP contribution in [0.25, 0.3) is 0 Å². The Balaban J connectivity index is 0.000000166. The van der Waals surface area contributed by atoms with E-state index >= 15 is 0 Å². The predicted molar refractivity (Wildman–Crippen MR) is 316 cm³/mol. The molecule has 23 heteroatoms. The van der Waals surface area contributed by atoms with Crippen LogP contribution in [0.1, 0.15) is 55.2 Å². The largest absolute Gasteiger partial charge is 0.480 e. The molecule has 0 aromatic heterocycles. The Kier molecular flexibility index (Phi) is 24.5. The summed E-state index contributed by atoms with van der Waals surface area (Å²) >= 11 is 36.8. The summed E-state index contributed by atoms with van der Waals surface area (Å²) in [6, 6.07) is 23.7. The zero-order valence-electron chi connectivity index (χ0n) is 46.3. The van der Waals surface area contributed by atoms with E-state index in [9.17, 15) is 24.3 Å². The number of hydrogen-bond donors (Lipinski definition) is 2. The summed E-state index contributed by atoms with van der Waals surface area (Å²) in [6.07, 6.45) is 5.14. The number of anilines is 2. The van der Waals surface area contributed by atoms with Gasteiger partial charge in [-0.15, -0.1) is 0 Å². The SMILES string of the molecule is COC(=O)[C@@H]1C[C@@H](OC)CN1.COC(=O)[C@@H]1C[C@@H](OC)CN1Cc1cc(Cl)ccc1Cl.CO[C@@H]1C[C@@H](C(=O)N2CCN(C3CC3)c3ccccc32)N(Cc2cc(Cl)ccc2Cl)C1.CO[C@@H]1C[C@@H](C(=O)O)N(Cc2cc(Cl)ccc2Cl)C1. The summed E-state index contributed by atoms with van der Waals surface area (Å²) in [4.78, 5) is 58.4. The number of methoxy groups -OCH3 is 6. The summed E-state index contributed by atoms with van der Waals surface area (Å²) in [6.45, 7) is 5.83. The van der Waals surface area contributed by atoms with Crippen LogP contribution in [0.3, 0.4) is 0 Å². The second-order valence-corrected chi connectivity index (χ2v) is 23.2. The van der Waals surface area contributed by atoms with Gasteiger partial charge in [0.1, 0.15) is 18.1 Å². The van der Waals surface area contributed by atoms with Crippen molar-refractivity contribution in [1.29, 1.82) is 0 Å². The number of hydrogen-bond acceptors (Lipinski definition) is 15. The van der Waals surface area contributed by atoms with Crippen molar-refractivity contribution in [2.45, 2.75) is 113 Å². The maximum absolute atomic E-state index is 13.8. The molecule has 442 valence electrons. The Hall–Kier alpha value is -4.02. The fourth-order valence-electron chi connectivity index (χ4n) is 10.9. The minimum Gasteiger partial charge on any atom is -0.480 e. The number of amides is 1. The van der Waals surface area contributed by atoms with Gasteiger partial charge in [-0.2, -0.15) is 0 Å². The molecule has 5 fully saturated rings. The highest BCUT2D eigenvalue weighted by Crippen LogP contribution is 2.41. The maximum Gasteiger partial charge on any atom is 0.323 e. The summed E-state index contributed by atoms with van der Waals surface area (Å²) in [5.41, 5.74) is 4.85. The first-order chi connectivity index (χ1) is 38.9. The predicted octanol–water partition coefficient (Wildman–Crippen LogP) is 9.56. The van der Waals surface area contributed by atoms with Crippen molar-refractivity contribution in [1.82, 2.24) is 20.0 Å². The lowest BCUT2D eigenvalue weighted by Gasteiger charge is -2.39. The lowest BCUT2D eigenvalue weighted by Crippen LogP contribution is -2.51. The Morgan fingerprint density at radius 1 is 0.531 bits per heavy atom. The van der Waals surface area contributed by atoms with Gasteiger partial charge in [0.05, 0.1) is 56.1 Å². The lowest BCUT2D eigenvalue weighted by molar-refractivity contribution is -0.146. The molecule has 0 unspecified atom stereocenters. The van der Waals surface area contributed by atoms with E-state index in [0.29, 0.717) is 108 Å². The number of para-hydroxylation sites is 2. The third kappa shape index (κ3) is 17.3. The van der Waals surface area contributed by atoms with Crippen LogP contribution in [0.15, 0.2) is 78.9 Å². The van der Waals surface area contributed by atoms with Gasteiger partial charge in [-0.1, -0.05) is 81.7 Å². The van der Waals surface area contributed by atoms with Crippen LogP contribution in [0.4, 0.5) is 11.4 Å². The number of carbonyl (C=O) groups is 4. The number of nitrogens with one attached hydrogen (secondary N) is 1. The van der Waals surface area contributed by atoms with Gasteiger partial charge in [0.15, 0.2) is 0 Å². The minimum absolute atomic E-state index is 0.0231. The summed E-state index contributed by atoms with van der Waals surface area (Å²) in [7, 11) is 9.39. The molecule has 6 aliphatic rings. The van der Waals surface area contributed by atoms with Crippen molar-refractivity contribution in [2.75, 3.05) is 91.7 Å². The molecule has 17 nitrogen and oxygen atoms in total. The second kappa shape index (κ2) is 30.7. The van der Waals surface area contributed by atoms with E-state index in [0.717, 1.165) is 35.5 Å². The number of likely N-dealkylation sites (tertiary alicyclic amines) is 3. The highest BCUT2D eigenvalue weighted by Gasteiger charge is 2.43. The highest BCUT2D eigenvalue weighted by molar-refractivity contribution is 6.34. The maximum atomic E-state index is 13.8. The minimum atomic E-state index is -0.835. The molecule has 81 heavy (non-hydrogen) atoms. The van der Waals surface area contributed by atoms with Crippen LogP contribution in [0, 0.1) is 0 Å². The third-order valence-corrected chi connectivity index (χ3v) is 17.3. The number of carboxylic acid groups (broad SMARTS) is 1. The normalized spacial score (nSPS) is 24.5. The van der Waals surface area contributed by atoms with E-state index in [4.69, 9.17) is 93.3 Å². The van der Waals surface area contributed by atoms with Crippen LogP contribution in [0.2, 0.25) is 30.1 Å². The van der Waals surface area contributed by atoms with Crippen molar-refractivity contribution in [2.24, 2.45) is 0 Å². The molecule has 2 N–H and O–H groups in total. The van der Waals surface area contributed by atoms with Gasteiger partial charge in [0.25, 0.3) is 0 Å². The zero-order valence-corrected chi connectivity index (χ0v) is 50.9. The van der Waals surface area contributed by atoms with Crippen LogP contribution in [0.5, 0.6) is 0 Å². The molecule has 4 aromatic rings. The van der Waals surface area contributed by atoms with Gasteiger partial charge >= 0.3 is 17.9 Å². The smallest absolute Gasteiger partial charge is 0.323 e. The number of benzene rings is 4. The highest BCUT2D eigenvalue weighted by atomic mass is 35.5. The van der Waals surface area contributed by atoms with Gasteiger partial charge in [-0.25, -0.2) is 0 Å². The molecule has 0 radical (unpaired) electrons. The molecule has 5 heterocycles. The zero-order chi connectivity index (χ0) is 58.5. The monoisotopic (exact) mass is 1240 g/mol. The Labute approximate surface area is 504 Å². The van der Waals surface area contributed by atoms with Crippen molar-refractivity contribution < 1.29 is 52.7 Å². The molecule has 5 aliphatic heterocycles. The van der Waals surface area contributed by atoms with Crippen molar-refractivity contribution in [3.8, 4) is 0 Å². The number of esters is 2. The Morgan fingerprint density at radius 3 is 1.40 bits per heavy atom. The van der Waals surface area contributed by atoms with Crippen molar-refractivity contribution in [3.63, 3.8) is 0 Å². The molecule has 1 amide bonds. The molecule has 1 aliphatic carbocycles. The number of nitrogens with zero attached hydrogens (tertiary/aromatic N) is 5. The first-order valence-electron chi connectivity index (χ1n) is 26.8. The quantitative estimate of drug-likeness (QED) is 0.108. The van der Waals surface area contributed by atoms with E-state index in [-0.39, 0.29) is 60.4 Å². The summed E-state index contributed by atoms with van der Waals surface area (Å²) in [5.74, 6) is -1.15. The van der Waals surface area contributed by atoms with E-state index in [1.165, 1.54) is 32.7 Å². The topological polar surface area (TPSA) is 172 Å². The van der Waals surface area contributed by atoms with Gasteiger partial charge in [-0.3, -0.25) is 33.9 Å². The average Bonchev–Trinajstić information content (AvgIpc) is 4.07. The fourth-order valence-corrected chi connectivity index (χ4v) is 12.0. The summed E-state index contributed by atoms with van der Waals surface area (Å²) < 4.78 is 30.7. The number of ether oxygens (including phenoxy) is 6. The first-order valence-corrected chi connectivity index (χ1v) is 29.1. The number of aliphatic carboxylic acids is 1. The first kappa shape index (κ1) is 64.5. The van der Waals surface area contributed by atoms with Crippen molar-refractivity contribution >= 4 is 105 Å². The molecular formula is C58H72Cl6N6O11. The second-order valence-electron chi connectivity index (χ2n) is 20.7.